The van der Waals surface area contributed by atoms with Crippen molar-refractivity contribution in [1.29, 1.82) is 0 Å². The molecule has 0 bridgehead atoms. The summed E-state index contributed by atoms with van der Waals surface area (Å²) in [6, 6.07) is 12.2. The number of pyridine rings is 2. The highest BCUT2D eigenvalue weighted by atomic mass is 16.2. The molecule has 2 aromatic heterocycles. The van der Waals surface area contributed by atoms with E-state index in [2.05, 4.69) is 38.4 Å². The van der Waals surface area contributed by atoms with Crippen LogP contribution in [0.3, 0.4) is 0 Å². The average Bonchev–Trinajstić information content (AvgIpc) is 3.28. The van der Waals surface area contributed by atoms with Gasteiger partial charge in [-0.2, -0.15) is 0 Å². The van der Waals surface area contributed by atoms with Crippen molar-refractivity contribution in [2.45, 2.75) is 58.0 Å². The van der Waals surface area contributed by atoms with Crippen LogP contribution in [-0.2, 0) is 11.3 Å². The lowest BCUT2D eigenvalue weighted by atomic mass is 9.87. The molecule has 0 spiro atoms. The zero-order valence-electron chi connectivity index (χ0n) is 17.4. The number of aromatic nitrogens is 2. The average molecular weight is 393 g/mol. The SMILES string of the molecule is Cc1cccc(CN2CCC[C@@H]([C@@H](NC(=O)C3CCCC3)c3ccccn3)C2)n1. The van der Waals surface area contributed by atoms with E-state index in [9.17, 15) is 4.79 Å². The lowest BCUT2D eigenvalue weighted by Crippen LogP contribution is -2.44. The maximum atomic E-state index is 12.9. The van der Waals surface area contributed by atoms with Crippen molar-refractivity contribution in [3.8, 4) is 0 Å². The van der Waals surface area contributed by atoms with Crippen molar-refractivity contribution < 1.29 is 4.79 Å². The van der Waals surface area contributed by atoms with Gasteiger partial charge >= 0.3 is 0 Å². The normalized spacial score (nSPS) is 21.8. The molecular formula is C24H32N4O. The topological polar surface area (TPSA) is 58.1 Å². The third kappa shape index (κ3) is 5.21. The minimum atomic E-state index is -0.0161. The lowest BCUT2D eigenvalue weighted by Gasteiger charge is -2.37. The van der Waals surface area contributed by atoms with Crippen molar-refractivity contribution in [2.75, 3.05) is 13.1 Å². The van der Waals surface area contributed by atoms with Gasteiger partial charge in [-0.25, -0.2) is 0 Å². The third-order valence-corrected chi connectivity index (χ3v) is 6.38. The zero-order chi connectivity index (χ0) is 20.1. The molecule has 154 valence electrons. The Labute approximate surface area is 173 Å². The Hall–Kier alpha value is -2.27. The van der Waals surface area contributed by atoms with Crippen molar-refractivity contribution in [1.82, 2.24) is 20.2 Å². The highest BCUT2D eigenvalue weighted by Gasteiger charge is 2.32. The molecule has 29 heavy (non-hydrogen) atoms. The molecule has 2 aliphatic rings. The third-order valence-electron chi connectivity index (χ3n) is 6.38. The summed E-state index contributed by atoms with van der Waals surface area (Å²) in [5.74, 6) is 0.766. The molecule has 2 fully saturated rings. The zero-order valence-corrected chi connectivity index (χ0v) is 17.4. The predicted molar refractivity (Wildman–Crippen MR) is 114 cm³/mol. The summed E-state index contributed by atoms with van der Waals surface area (Å²) in [7, 11) is 0. The van der Waals surface area contributed by atoms with E-state index in [-0.39, 0.29) is 17.9 Å². The first-order valence-electron chi connectivity index (χ1n) is 11.1. The second kappa shape index (κ2) is 9.49. The van der Waals surface area contributed by atoms with Crippen LogP contribution in [0.1, 0.15) is 61.6 Å². The first-order chi connectivity index (χ1) is 14.2. The van der Waals surface area contributed by atoms with E-state index >= 15 is 0 Å². The van der Waals surface area contributed by atoms with Gasteiger partial charge in [0.15, 0.2) is 0 Å². The lowest BCUT2D eigenvalue weighted by molar-refractivity contribution is -0.126. The first-order valence-corrected chi connectivity index (χ1v) is 11.1. The van der Waals surface area contributed by atoms with Crippen LogP contribution in [0.15, 0.2) is 42.6 Å². The number of nitrogens with one attached hydrogen (secondary N) is 1. The Morgan fingerprint density at radius 3 is 2.76 bits per heavy atom. The number of aryl methyl sites for hydroxylation is 1. The van der Waals surface area contributed by atoms with Crippen LogP contribution in [-0.4, -0.2) is 33.9 Å². The summed E-state index contributed by atoms with van der Waals surface area (Å²) < 4.78 is 0. The van der Waals surface area contributed by atoms with Crippen molar-refractivity contribution in [3.63, 3.8) is 0 Å². The fraction of sp³-hybridized carbons (Fsp3) is 0.542. The molecule has 0 aromatic carbocycles. The summed E-state index contributed by atoms with van der Waals surface area (Å²) in [6.45, 7) is 4.95. The van der Waals surface area contributed by atoms with Crippen LogP contribution in [0.25, 0.3) is 0 Å². The molecule has 1 saturated carbocycles. The number of hydrogen-bond donors (Lipinski definition) is 1. The van der Waals surface area contributed by atoms with Gasteiger partial charge in [-0.15, -0.1) is 0 Å². The maximum Gasteiger partial charge on any atom is 0.223 e. The fourth-order valence-corrected chi connectivity index (χ4v) is 4.88. The van der Waals surface area contributed by atoms with E-state index in [4.69, 9.17) is 0 Å². The minimum Gasteiger partial charge on any atom is -0.347 e. The largest absolute Gasteiger partial charge is 0.347 e. The van der Waals surface area contributed by atoms with Crippen molar-refractivity contribution >= 4 is 5.91 Å². The molecule has 2 atom stereocenters. The van der Waals surface area contributed by atoms with E-state index < -0.39 is 0 Å². The van der Waals surface area contributed by atoms with Crippen LogP contribution in [0.5, 0.6) is 0 Å². The molecule has 0 radical (unpaired) electrons. The summed E-state index contributed by atoms with van der Waals surface area (Å²) >= 11 is 0. The summed E-state index contributed by atoms with van der Waals surface area (Å²) in [5, 5.41) is 3.39. The standard InChI is InChI=1S/C24H32N4O/c1-18-8-6-12-21(26-18)17-28-15-7-11-20(16-28)23(22-13-4-5-14-25-22)27-24(29)19-9-2-3-10-19/h4-6,8,12-14,19-20,23H,2-3,7,9-11,15-17H2,1H3,(H,27,29)/t20-,23-/m1/s1. The summed E-state index contributed by atoms with van der Waals surface area (Å²) in [6.07, 6.45) is 8.48. The van der Waals surface area contributed by atoms with E-state index in [1.54, 1.807) is 0 Å². The number of carbonyl (C=O) groups excluding carboxylic acids is 1. The fourth-order valence-electron chi connectivity index (χ4n) is 4.88. The molecule has 1 amide bonds. The molecule has 0 unspecified atom stereocenters. The summed E-state index contributed by atoms with van der Waals surface area (Å²) in [5.41, 5.74) is 3.17. The molecule has 1 aliphatic carbocycles. The quantitative estimate of drug-likeness (QED) is 0.806. The number of likely N-dealkylation sites (tertiary alicyclic amines) is 1. The molecular weight excluding hydrogens is 360 g/mol. The predicted octanol–water partition coefficient (Wildman–Crippen LogP) is 4.04. The number of piperidine rings is 1. The molecule has 4 rings (SSSR count). The number of amides is 1. The Balaban J connectivity index is 1.48. The van der Waals surface area contributed by atoms with Crippen LogP contribution < -0.4 is 5.32 Å². The van der Waals surface area contributed by atoms with E-state index in [0.29, 0.717) is 5.92 Å². The number of nitrogens with zero attached hydrogens (tertiary/aromatic N) is 3. The van der Waals surface area contributed by atoms with Gasteiger partial charge in [-0.3, -0.25) is 19.7 Å². The van der Waals surface area contributed by atoms with E-state index in [0.717, 1.165) is 62.4 Å². The monoisotopic (exact) mass is 392 g/mol. The molecule has 2 aromatic rings. The van der Waals surface area contributed by atoms with E-state index in [1.165, 1.54) is 12.8 Å². The van der Waals surface area contributed by atoms with Gasteiger partial charge in [0.1, 0.15) is 0 Å². The minimum absolute atomic E-state index is 0.0161. The summed E-state index contributed by atoms with van der Waals surface area (Å²) in [4.78, 5) is 24.7. The highest BCUT2D eigenvalue weighted by molar-refractivity contribution is 5.79. The molecule has 1 saturated heterocycles. The van der Waals surface area contributed by atoms with Gasteiger partial charge in [0, 0.05) is 30.9 Å². The van der Waals surface area contributed by atoms with Crippen LogP contribution in [0.2, 0.25) is 0 Å². The number of hydrogen-bond acceptors (Lipinski definition) is 4. The Morgan fingerprint density at radius 1 is 1.14 bits per heavy atom. The molecule has 5 heteroatoms. The highest BCUT2D eigenvalue weighted by Crippen LogP contribution is 2.31. The van der Waals surface area contributed by atoms with Gasteiger partial charge in [-0.1, -0.05) is 25.0 Å². The molecule has 3 heterocycles. The second-order valence-electron chi connectivity index (χ2n) is 8.63. The Bertz CT molecular complexity index is 804. The Morgan fingerprint density at radius 2 is 2.00 bits per heavy atom. The maximum absolute atomic E-state index is 12.9. The van der Waals surface area contributed by atoms with Crippen molar-refractivity contribution in [2.24, 2.45) is 11.8 Å². The van der Waals surface area contributed by atoms with Crippen LogP contribution >= 0.6 is 0 Å². The van der Waals surface area contributed by atoms with Crippen LogP contribution in [0, 0.1) is 18.8 Å². The van der Waals surface area contributed by atoms with Gasteiger partial charge in [0.05, 0.1) is 17.4 Å². The number of carbonyl (C=O) groups is 1. The molecule has 5 nitrogen and oxygen atoms in total. The molecule has 1 N–H and O–H groups in total. The number of rotatable bonds is 6. The smallest absolute Gasteiger partial charge is 0.223 e. The van der Waals surface area contributed by atoms with Gasteiger partial charge in [0.25, 0.3) is 0 Å². The first kappa shape index (κ1) is 20.0. The van der Waals surface area contributed by atoms with Crippen molar-refractivity contribution in [3.05, 3.63) is 59.7 Å². The van der Waals surface area contributed by atoms with Gasteiger partial charge in [-0.05, 0) is 69.3 Å². The molecule has 1 aliphatic heterocycles. The van der Waals surface area contributed by atoms with E-state index in [1.807, 2.05) is 31.3 Å². The van der Waals surface area contributed by atoms with Gasteiger partial charge < -0.3 is 5.32 Å². The Kier molecular flexibility index (Phi) is 6.55. The second-order valence-corrected chi connectivity index (χ2v) is 8.63. The van der Waals surface area contributed by atoms with Gasteiger partial charge in [0.2, 0.25) is 5.91 Å². The van der Waals surface area contributed by atoms with Crippen LogP contribution in [0.4, 0.5) is 0 Å².